The van der Waals surface area contributed by atoms with Gasteiger partial charge in [0.05, 0.1) is 16.6 Å². The summed E-state index contributed by atoms with van der Waals surface area (Å²) < 4.78 is 4.19. The van der Waals surface area contributed by atoms with E-state index in [4.69, 9.17) is 0 Å². The highest BCUT2D eigenvalue weighted by atomic mass is 32.1. The van der Waals surface area contributed by atoms with Crippen LogP contribution in [0.2, 0.25) is 0 Å². The van der Waals surface area contributed by atoms with Gasteiger partial charge in [-0.3, -0.25) is 4.98 Å². The highest BCUT2D eigenvalue weighted by Crippen LogP contribution is 2.40. The zero-order valence-electron chi connectivity index (χ0n) is 12.7. The number of aryl methyl sites for hydroxylation is 2. The van der Waals surface area contributed by atoms with Gasteiger partial charge in [-0.1, -0.05) is 23.9 Å². The maximum absolute atomic E-state index is 4.68. The largest absolute Gasteiger partial charge is 0.312 e. The predicted molar refractivity (Wildman–Crippen MR) is 85.6 cm³/mol. The average Bonchev–Trinajstić information content (AvgIpc) is 2.97. The van der Waals surface area contributed by atoms with Crippen LogP contribution < -0.4 is 5.32 Å². The van der Waals surface area contributed by atoms with E-state index in [9.17, 15) is 0 Å². The van der Waals surface area contributed by atoms with Crippen molar-refractivity contribution in [3.05, 3.63) is 40.2 Å². The minimum absolute atomic E-state index is 0.278. The fourth-order valence-electron chi connectivity index (χ4n) is 3.35. The molecule has 0 fully saturated rings. The van der Waals surface area contributed by atoms with Gasteiger partial charge in [-0.25, -0.2) is 0 Å². The molecule has 5 heteroatoms. The van der Waals surface area contributed by atoms with E-state index in [1.54, 1.807) is 0 Å². The normalized spacial score (nSPS) is 19.2. The molecule has 0 aromatic carbocycles. The molecular weight excluding hydrogens is 280 g/mol. The first kappa shape index (κ1) is 14.6. The number of hydrogen-bond donors (Lipinski definition) is 1. The molecule has 4 nitrogen and oxygen atoms in total. The Hall–Kier alpha value is -1.33. The van der Waals surface area contributed by atoms with Crippen molar-refractivity contribution in [2.24, 2.45) is 0 Å². The molecule has 0 amide bonds. The van der Waals surface area contributed by atoms with Crippen LogP contribution in [0.15, 0.2) is 18.3 Å². The van der Waals surface area contributed by atoms with E-state index in [1.165, 1.54) is 40.5 Å². The molecule has 0 aliphatic heterocycles. The summed E-state index contributed by atoms with van der Waals surface area (Å²) in [6.07, 6.45) is 7.59. The maximum atomic E-state index is 4.68. The predicted octanol–water partition coefficient (Wildman–Crippen LogP) is 3.27. The number of likely N-dealkylation sites (N-methyl/N-ethyl adjacent to an activating group) is 1. The first-order chi connectivity index (χ1) is 10.3. The minimum Gasteiger partial charge on any atom is -0.312 e. The van der Waals surface area contributed by atoms with Crippen LogP contribution in [0, 0.1) is 0 Å². The number of aromatic nitrogens is 3. The molecule has 0 saturated heterocycles. The third-order valence-corrected chi connectivity index (χ3v) is 5.16. The van der Waals surface area contributed by atoms with Gasteiger partial charge in [0.15, 0.2) is 0 Å². The van der Waals surface area contributed by atoms with E-state index in [0.29, 0.717) is 5.92 Å². The Morgan fingerprint density at radius 1 is 1.48 bits per heavy atom. The molecule has 3 rings (SSSR count). The fourth-order valence-corrected chi connectivity index (χ4v) is 4.22. The lowest BCUT2D eigenvalue weighted by atomic mass is 9.81. The summed E-state index contributed by atoms with van der Waals surface area (Å²) in [5, 5.41) is 7.84. The Kier molecular flexibility index (Phi) is 4.60. The molecular formula is C16H22N4S. The molecule has 0 saturated carbocycles. The summed E-state index contributed by atoms with van der Waals surface area (Å²) in [7, 11) is 2.04. The van der Waals surface area contributed by atoms with Crippen LogP contribution in [0.4, 0.5) is 0 Å². The second kappa shape index (κ2) is 6.62. The van der Waals surface area contributed by atoms with Crippen LogP contribution in [-0.4, -0.2) is 21.6 Å². The van der Waals surface area contributed by atoms with E-state index >= 15 is 0 Å². The van der Waals surface area contributed by atoms with Gasteiger partial charge < -0.3 is 5.32 Å². The molecule has 2 atom stereocenters. The average molecular weight is 302 g/mol. The van der Waals surface area contributed by atoms with Gasteiger partial charge in [0.25, 0.3) is 0 Å². The number of pyridine rings is 1. The summed E-state index contributed by atoms with van der Waals surface area (Å²) >= 11 is 1.54. The number of hydrogen-bond acceptors (Lipinski definition) is 5. The highest BCUT2D eigenvalue weighted by molar-refractivity contribution is 7.05. The van der Waals surface area contributed by atoms with Crippen LogP contribution in [-0.2, 0) is 12.8 Å². The van der Waals surface area contributed by atoms with Crippen LogP contribution in [0.3, 0.4) is 0 Å². The standard InChI is InChI=1S/C16H22N4S/c1-3-6-13-16(21-20-19-13)15(17-2)12-9-4-7-11-8-5-10-18-14(11)12/h5,8,10,12,15,17H,3-4,6-7,9H2,1-2H3. The molecule has 1 N–H and O–H groups in total. The van der Waals surface area contributed by atoms with Crippen molar-refractivity contribution in [3.63, 3.8) is 0 Å². The zero-order valence-corrected chi connectivity index (χ0v) is 13.5. The van der Waals surface area contributed by atoms with E-state index in [-0.39, 0.29) is 6.04 Å². The Morgan fingerprint density at radius 3 is 3.19 bits per heavy atom. The van der Waals surface area contributed by atoms with Crippen molar-refractivity contribution in [2.75, 3.05) is 7.05 Å². The third kappa shape index (κ3) is 2.85. The molecule has 1 aliphatic rings. The number of nitrogens with zero attached hydrogens (tertiary/aromatic N) is 3. The molecule has 2 aromatic heterocycles. The van der Waals surface area contributed by atoms with Crippen LogP contribution in [0.25, 0.3) is 0 Å². The number of fused-ring (bicyclic) bond motifs is 1. The van der Waals surface area contributed by atoms with Gasteiger partial charge >= 0.3 is 0 Å². The first-order valence-electron chi connectivity index (χ1n) is 7.77. The quantitative estimate of drug-likeness (QED) is 0.921. The molecule has 21 heavy (non-hydrogen) atoms. The summed E-state index contributed by atoms with van der Waals surface area (Å²) in [6.45, 7) is 2.19. The smallest absolute Gasteiger partial charge is 0.0803 e. The Balaban J connectivity index is 1.96. The summed E-state index contributed by atoms with van der Waals surface area (Å²) in [6, 6.07) is 4.55. The monoisotopic (exact) mass is 302 g/mol. The molecule has 0 spiro atoms. The van der Waals surface area contributed by atoms with E-state index in [0.717, 1.165) is 25.0 Å². The summed E-state index contributed by atoms with van der Waals surface area (Å²) in [4.78, 5) is 5.97. The second-order valence-corrected chi connectivity index (χ2v) is 6.43. The van der Waals surface area contributed by atoms with Crippen LogP contribution in [0.5, 0.6) is 0 Å². The molecule has 112 valence electrons. The Labute approximate surface area is 130 Å². The van der Waals surface area contributed by atoms with Crippen LogP contribution in [0.1, 0.15) is 60.0 Å². The molecule has 0 bridgehead atoms. The van der Waals surface area contributed by atoms with Gasteiger partial charge in [0.1, 0.15) is 0 Å². The van der Waals surface area contributed by atoms with Gasteiger partial charge in [-0.15, -0.1) is 5.10 Å². The molecule has 2 heterocycles. The van der Waals surface area contributed by atoms with Crippen molar-refractivity contribution in [1.29, 1.82) is 0 Å². The van der Waals surface area contributed by atoms with Gasteiger partial charge in [0.2, 0.25) is 0 Å². The maximum Gasteiger partial charge on any atom is 0.0803 e. The van der Waals surface area contributed by atoms with E-state index in [2.05, 4.69) is 32.9 Å². The second-order valence-electron chi connectivity index (χ2n) is 5.65. The van der Waals surface area contributed by atoms with Gasteiger partial charge in [-0.05, 0) is 55.9 Å². The zero-order chi connectivity index (χ0) is 14.7. The van der Waals surface area contributed by atoms with Crippen molar-refractivity contribution < 1.29 is 0 Å². The van der Waals surface area contributed by atoms with Crippen molar-refractivity contribution in [1.82, 2.24) is 19.9 Å². The Morgan fingerprint density at radius 2 is 2.38 bits per heavy atom. The van der Waals surface area contributed by atoms with Gasteiger partial charge in [-0.2, -0.15) is 0 Å². The molecule has 2 unspecified atom stereocenters. The van der Waals surface area contributed by atoms with Crippen molar-refractivity contribution in [2.45, 2.75) is 51.0 Å². The van der Waals surface area contributed by atoms with Crippen LogP contribution >= 0.6 is 11.5 Å². The number of nitrogens with one attached hydrogen (secondary N) is 1. The fraction of sp³-hybridized carbons (Fsp3) is 0.562. The lowest BCUT2D eigenvalue weighted by Crippen LogP contribution is -2.27. The highest BCUT2D eigenvalue weighted by Gasteiger charge is 2.31. The molecule has 0 radical (unpaired) electrons. The molecule has 1 aliphatic carbocycles. The van der Waals surface area contributed by atoms with E-state index in [1.807, 2.05) is 19.3 Å². The Bertz CT molecular complexity index is 595. The van der Waals surface area contributed by atoms with E-state index < -0.39 is 0 Å². The van der Waals surface area contributed by atoms with Crippen molar-refractivity contribution >= 4 is 11.5 Å². The lowest BCUT2D eigenvalue weighted by Gasteiger charge is -2.30. The first-order valence-corrected chi connectivity index (χ1v) is 8.54. The summed E-state index contributed by atoms with van der Waals surface area (Å²) in [5.41, 5.74) is 3.83. The van der Waals surface area contributed by atoms with Crippen molar-refractivity contribution in [3.8, 4) is 0 Å². The lowest BCUT2D eigenvalue weighted by molar-refractivity contribution is 0.418. The minimum atomic E-state index is 0.278. The molecule has 2 aromatic rings. The third-order valence-electron chi connectivity index (χ3n) is 4.31. The van der Waals surface area contributed by atoms with Gasteiger partial charge in [0, 0.05) is 17.8 Å². The topological polar surface area (TPSA) is 50.7 Å². The summed E-state index contributed by atoms with van der Waals surface area (Å²) in [5.74, 6) is 0.429. The SMILES string of the molecule is CCCc1nnsc1C(NC)C1CCCc2cccnc21. The number of rotatable bonds is 5.